The van der Waals surface area contributed by atoms with E-state index in [4.69, 9.17) is 4.74 Å². The molecule has 218 valence electrons. The zero-order chi connectivity index (χ0) is 28.4. The number of fused-ring (bicyclic) bond motifs is 2. The van der Waals surface area contributed by atoms with Crippen LogP contribution in [0.25, 0.3) is 10.9 Å². The van der Waals surface area contributed by atoms with Gasteiger partial charge in [0, 0.05) is 42.1 Å². The van der Waals surface area contributed by atoms with Crippen molar-refractivity contribution in [1.29, 1.82) is 0 Å². The minimum atomic E-state index is -0.584. The number of hydrogen-bond donors (Lipinski definition) is 3. The highest BCUT2D eigenvalue weighted by molar-refractivity contribution is 5.90. The third-order valence-corrected chi connectivity index (χ3v) is 9.24. The molecule has 1 aromatic heterocycles. The lowest BCUT2D eigenvalue weighted by atomic mass is 9.82. The number of carbonyl (C=O) groups excluding carboxylic acids is 3. The Morgan fingerprint density at radius 2 is 1.95 bits per heavy atom. The average Bonchev–Trinajstić information content (AvgIpc) is 3.66. The quantitative estimate of drug-likeness (QED) is 0.411. The van der Waals surface area contributed by atoms with E-state index in [9.17, 15) is 18.8 Å². The van der Waals surface area contributed by atoms with Crippen LogP contribution in [-0.2, 0) is 19.1 Å². The Kier molecular flexibility index (Phi) is 8.75. The highest BCUT2D eigenvalue weighted by Crippen LogP contribution is 2.43. The minimum absolute atomic E-state index is 0.0114. The second kappa shape index (κ2) is 12.3. The molecule has 2 saturated heterocycles. The van der Waals surface area contributed by atoms with Gasteiger partial charge in [-0.3, -0.25) is 19.3 Å². The molecule has 0 bridgehead atoms. The molecule has 2 amide bonds. The molecule has 1 aliphatic carbocycles. The second-order valence-electron chi connectivity index (χ2n) is 11.5. The van der Waals surface area contributed by atoms with Crippen LogP contribution < -0.4 is 10.6 Å². The largest absolute Gasteiger partial charge is 0.465 e. The van der Waals surface area contributed by atoms with Crippen LogP contribution in [-0.4, -0.2) is 90.0 Å². The van der Waals surface area contributed by atoms with Gasteiger partial charge in [0.15, 0.2) is 0 Å². The first-order valence-electron chi connectivity index (χ1n) is 14.8. The molecule has 3 N–H and O–H groups in total. The number of aromatic amines is 1. The van der Waals surface area contributed by atoms with Gasteiger partial charge in [-0.15, -0.1) is 0 Å². The topological polar surface area (TPSA) is 107 Å². The van der Waals surface area contributed by atoms with Crippen LogP contribution in [0.4, 0.5) is 4.39 Å². The van der Waals surface area contributed by atoms with Crippen LogP contribution in [0.1, 0.15) is 63.9 Å². The fourth-order valence-electron chi connectivity index (χ4n) is 7.14. The summed E-state index contributed by atoms with van der Waals surface area (Å²) in [4.78, 5) is 47.2. The molecule has 0 radical (unpaired) electrons. The van der Waals surface area contributed by atoms with E-state index in [2.05, 4.69) is 20.5 Å². The summed E-state index contributed by atoms with van der Waals surface area (Å²) in [5.74, 6) is -0.781. The molecule has 0 spiro atoms. The Balaban J connectivity index is 1.47. The van der Waals surface area contributed by atoms with Gasteiger partial charge in [0.2, 0.25) is 11.8 Å². The Labute approximate surface area is 235 Å². The first-order chi connectivity index (χ1) is 19.3. The fourth-order valence-corrected chi connectivity index (χ4v) is 7.14. The number of rotatable bonds is 9. The third kappa shape index (κ3) is 5.61. The van der Waals surface area contributed by atoms with Crippen molar-refractivity contribution in [2.45, 2.75) is 82.5 Å². The summed E-state index contributed by atoms with van der Waals surface area (Å²) in [5.41, 5.74) is 1.72. The molecule has 2 aliphatic heterocycles. The van der Waals surface area contributed by atoms with Gasteiger partial charge in [0.25, 0.3) is 0 Å². The lowest BCUT2D eigenvalue weighted by Crippen LogP contribution is -2.57. The minimum Gasteiger partial charge on any atom is -0.465 e. The van der Waals surface area contributed by atoms with Gasteiger partial charge in [0.1, 0.15) is 11.9 Å². The van der Waals surface area contributed by atoms with E-state index in [1.807, 2.05) is 11.1 Å². The van der Waals surface area contributed by atoms with Crippen molar-refractivity contribution in [3.8, 4) is 0 Å². The van der Waals surface area contributed by atoms with Crippen molar-refractivity contribution in [1.82, 2.24) is 25.4 Å². The summed E-state index contributed by atoms with van der Waals surface area (Å²) in [6.45, 7) is 5.21. The summed E-state index contributed by atoms with van der Waals surface area (Å²) in [6, 6.07) is 3.55. The fraction of sp³-hybridized carbons (Fsp3) is 0.633. The lowest BCUT2D eigenvalue weighted by molar-refractivity contribution is -0.144. The normalized spacial score (nSPS) is 25.1. The number of H-pyrrole nitrogens is 1. The molecule has 0 unspecified atom stereocenters. The molecule has 3 fully saturated rings. The van der Waals surface area contributed by atoms with Gasteiger partial charge in [0.05, 0.1) is 25.2 Å². The van der Waals surface area contributed by atoms with Crippen molar-refractivity contribution in [2.75, 3.05) is 33.3 Å². The van der Waals surface area contributed by atoms with Crippen molar-refractivity contribution in [3.63, 3.8) is 0 Å². The zero-order valence-electron chi connectivity index (χ0n) is 23.7. The molecule has 1 aromatic carbocycles. The molecule has 5 atom stereocenters. The van der Waals surface area contributed by atoms with Crippen LogP contribution in [0.5, 0.6) is 0 Å². The number of amides is 2. The Morgan fingerprint density at radius 1 is 1.18 bits per heavy atom. The van der Waals surface area contributed by atoms with Gasteiger partial charge >= 0.3 is 5.97 Å². The number of nitrogens with one attached hydrogen (secondary N) is 3. The molecule has 9 nitrogen and oxygen atoms in total. The highest BCUT2D eigenvalue weighted by Gasteiger charge is 2.53. The molecule has 3 aliphatic rings. The first kappa shape index (κ1) is 28.5. The summed E-state index contributed by atoms with van der Waals surface area (Å²) < 4.78 is 19.2. The predicted octanol–water partition coefficient (Wildman–Crippen LogP) is 2.91. The van der Waals surface area contributed by atoms with E-state index in [1.54, 1.807) is 27.0 Å². The summed E-state index contributed by atoms with van der Waals surface area (Å²) in [7, 11) is 1.74. The third-order valence-electron chi connectivity index (χ3n) is 9.24. The van der Waals surface area contributed by atoms with E-state index in [1.165, 1.54) is 12.1 Å². The number of halogens is 1. The van der Waals surface area contributed by atoms with E-state index >= 15 is 0 Å². The monoisotopic (exact) mass is 555 g/mol. The Hall–Kier alpha value is -2.98. The molecule has 2 aromatic rings. The van der Waals surface area contributed by atoms with Gasteiger partial charge < -0.3 is 25.3 Å². The van der Waals surface area contributed by atoms with Crippen LogP contribution in [0.15, 0.2) is 24.4 Å². The number of likely N-dealkylation sites (tertiary alicyclic amines) is 2. The summed E-state index contributed by atoms with van der Waals surface area (Å²) >= 11 is 0. The zero-order valence-corrected chi connectivity index (χ0v) is 23.7. The molecule has 1 saturated carbocycles. The Bertz CT molecular complexity index is 1230. The van der Waals surface area contributed by atoms with Crippen LogP contribution in [0.2, 0.25) is 0 Å². The molecular formula is C30H42FN5O4. The summed E-state index contributed by atoms with van der Waals surface area (Å²) in [5, 5.41) is 7.01. The van der Waals surface area contributed by atoms with Crippen molar-refractivity contribution >= 4 is 28.7 Å². The van der Waals surface area contributed by atoms with E-state index in [0.717, 1.165) is 49.5 Å². The SMILES string of the molecule is CCOC(=O)CN1C[C@H](c2c[nH]c3cc(F)ccc23)[C@@H]2[C@H]1CCN2C(=O)[C@@H](NC(=O)[C@H](C)NC)C1CCCCC1. The highest BCUT2D eigenvalue weighted by atomic mass is 19.1. The number of hydrogen-bond acceptors (Lipinski definition) is 6. The van der Waals surface area contributed by atoms with Gasteiger partial charge in [-0.05, 0) is 69.8 Å². The van der Waals surface area contributed by atoms with Gasteiger partial charge in [-0.2, -0.15) is 0 Å². The number of likely N-dealkylation sites (N-methyl/N-ethyl adjacent to an activating group) is 1. The molecule has 3 heterocycles. The maximum atomic E-state index is 14.4. The maximum absolute atomic E-state index is 14.4. The predicted molar refractivity (Wildman–Crippen MR) is 150 cm³/mol. The van der Waals surface area contributed by atoms with E-state index < -0.39 is 12.1 Å². The number of carbonyl (C=O) groups is 3. The number of ether oxygens (including phenoxy) is 1. The van der Waals surface area contributed by atoms with Crippen molar-refractivity contribution < 1.29 is 23.5 Å². The van der Waals surface area contributed by atoms with Crippen LogP contribution in [0, 0.1) is 11.7 Å². The average molecular weight is 556 g/mol. The number of benzene rings is 1. The lowest BCUT2D eigenvalue weighted by Gasteiger charge is -2.36. The molecular weight excluding hydrogens is 513 g/mol. The molecule has 10 heteroatoms. The molecule has 40 heavy (non-hydrogen) atoms. The molecule has 5 rings (SSSR count). The standard InChI is InChI=1S/C30H42FN5O4/c1-4-40-26(37)17-35-16-23(22-15-33-24-14-20(31)10-11-21(22)24)28-25(35)12-13-36(28)30(39)27(19-8-6-5-7-9-19)34-29(38)18(2)32-3/h10-11,14-15,18-19,23,25,27-28,32-33H,4-9,12-13,16-17H2,1-3H3,(H,34,38)/t18-,23+,25+,27-,28+/m0/s1. The first-order valence-corrected chi connectivity index (χ1v) is 14.8. The van der Waals surface area contributed by atoms with Crippen molar-refractivity contribution in [3.05, 3.63) is 35.8 Å². The van der Waals surface area contributed by atoms with E-state index in [0.29, 0.717) is 25.2 Å². The van der Waals surface area contributed by atoms with Crippen molar-refractivity contribution in [2.24, 2.45) is 5.92 Å². The number of nitrogens with zero attached hydrogens (tertiary/aromatic N) is 2. The van der Waals surface area contributed by atoms with Crippen LogP contribution >= 0.6 is 0 Å². The maximum Gasteiger partial charge on any atom is 0.320 e. The Morgan fingerprint density at radius 3 is 2.67 bits per heavy atom. The summed E-state index contributed by atoms with van der Waals surface area (Å²) in [6.07, 6.45) is 7.74. The van der Waals surface area contributed by atoms with Gasteiger partial charge in [-0.25, -0.2) is 4.39 Å². The van der Waals surface area contributed by atoms with Crippen LogP contribution in [0.3, 0.4) is 0 Å². The van der Waals surface area contributed by atoms with E-state index in [-0.39, 0.29) is 54.1 Å². The smallest absolute Gasteiger partial charge is 0.320 e. The number of esters is 1. The van der Waals surface area contributed by atoms with Gasteiger partial charge in [-0.1, -0.05) is 19.3 Å². The second-order valence-corrected chi connectivity index (χ2v) is 11.5. The number of aromatic nitrogens is 1.